The predicted molar refractivity (Wildman–Crippen MR) is 143 cm³/mol. The number of halogens is 1. The maximum atomic E-state index is 13.4. The van der Waals surface area contributed by atoms with E-state index < -0.39 is 23.5 Å². The number of rotatable bonds is 8. The van der Waals surface area contributed by atoms with E-state index in [4.69, 9.17) is 21.1 Å². The Labute approximate surface area is 225 Å². The molecule has 1 aromatic heterocycles. The van der Waals surface area contributed by atoms with E-state index in [-0.39, 0.29) is 34.7 Å². The molecule has 1 atom stereocenters. The topological polar surface area (TPSA) is 106 Å². The van der Waals surface area contributed by atoms with Gasteiger partial charge in [0.25, 0.3) is 11.7 Å². The van der Waals surface area contributed by atoms with Crippen LogP contribution in [0.4, 0.5) is 5.69 Å². The van der Waals surface area contributed by atoms with Crippen LogP contribution < -0.4 is 9.64 Å². The first-order valence-electron chi connectivity index (χ1n) is 12.1. The second-order valence-corrected chi connectivity index (χ2v) is 9.32. The molecule has 1 N–H and O–H groups in total. The third-order valence-corrected chi connectivity index (χ3v) is 6.21. The van der Waals surface area contributed by atoms with Crippen LogP contribution in [-0.4, -0.2) is 40.5 Å². The Bertz CT molecular complexity index is 1390. The van der Waals surface area contributed by atoms with Crippen molar-refractivity contribution in [1.29, 1.82) is 0 Å². The van der Waals surface area contributed by atoms with Gasteiger partial charge in [-0.15, -0.1) is 0 Å². The Hall–Kier alpha value is -4.17. The minimum absolute atomic E-state index is 0.0674. The number of benzene rings is 2. The van der Waals surface area contributed by atoms with Gasteiger partial charge in [0.1, 0.15) is 11.5 Å². The largest absolute Gasteiger partial charge is 0.507 e. The third kappa shape index (κ3) is 5.55. The van der Waals surface area contributed by atoms with Crippen LogP contribution in [0.2, 0.25) is 5.02 Å². The zero-order chi connectivity index (χ0) is 27.4. The maximum absolute atomic E-state index is 13.4. The Morgan fingerprint density at radius 1 is 1.13 bits per heavy atom. The lowest BCUT2D eigenvalue weighted by Crippen LogP contribution is -2.29. The highest BCUT2D eigenvalue weighted by Crippen LogP contribution is 2.43. The first kappa shape index (κ1) is 26.9. The Balaban J connectivity index is 1.79. The molecule has 0 radical (unpaired) electrons. The van der Waals surface area contributed by atoms with E-state index in [1.54, 1.807) is 68.6 Å². The summed E-state index contributed by atoms with van der Waals surface area (Å²) in [5.74, 6) is -2.01. The molecule has 9 heteroatoms. The van der Waals surface area contributed by atoms with Crippen molar-refractivity contribution in [1.82, 2.24) is 4.98 Å². The number of aromatic nitrogens is 1. The number of carbonyl (C=O) groups excluding carboxylic acids is 3. The van der Waals surface area contributed by atoms with Gasteiger partial charge in [-0.3, -0.25) is 24.3 Å². The van der Waals surface area contributed by atoms with E-state index in [2.05, 4.69) is 4.98 Å². The van der Waals surface area contributed by atoms with Gasteiger partial charge < -0.3 is 14.6 Å². The number of hydrogen-bond acceptors (Lipinski definition) is 7. The number of amides is 1. The van der Waals surface area contributed by atoms with Gasteiger partial charge >= 0.3 is 5.97 Å². The molecule has 0 spiro atoms. The molecule has 0 aliphatic carbocycles. The summed E-state index contributed by atoms with van der Waals surface area (Å²) in [7, 11) is 0. The zero-order valence-corrected chi connectivity index (χ0v) is 21.9. The lowest BCUT2D eigenvalue weighted by atomic mass is 9.96. The average molecular weight is 535 g/mol. The molecule has 1 saturated heterocycles. The molecular formula is C29H27ClN2O6. The summed E-state index contributed by atoms with van der Waals surface area (Å²) >= 11 is 6.38. The summed E-state index contributed by atoms with van der Waals surface area (Å²) in [6.45, 7) is 5.76. The molecule has 1 unspecified atom stereocenters. The molecule has 8 nitrogen and oxygen atoms in total. The van der Waals surface area contributed by atoms with Gasteiger partial charge in [-0.05, 0) is 68.3 Å². The maximum Gasteiger partial charge on any atom is 0.310 e. The van der Waals surface area contributed by atoms with Gasteiger partial charge in [-0.1, -0.05) is 29.8 Å². The highest BCUT2D eigenvalue weighted by atomic mass is 35.5. The van der Waals surface area contributed by atoms with Crippen molar-refractivity contribution in [2.45, 2.75) is 39.3 Å². The highest BCUT2D eigenvalue weighted by Gasteiger charge is 2.47. The summed E-state index contributed by atoms with van der Waals surface area (Å²) in [6, 6.07) is 13.9. The number of esters is 1. The van der Waals surface area contributed by atoms with E-state index in [1.807, 2.05) is 6.92 Å². The Kier molecular flexibility index (Phi) is 8.12. The molecule has 0 saturated carbocycles. The van der Waals surface area contributed by atoms with Gasteiger partial charge in [0.05, 0.1) is 35.8 Å². The van der Waals surface area contributed by atoms with Crippen molar-refractivity contribution in [2.75, 3.05) is 11.5 Å². The molecule has 2 heterocycles. The average Bonchev–Trinajstić information content (AvgIpc) is 3.15. The number of ether oxygens (including phenoxy) is 2. The number of Topliss-reactive ketones (excluding diaryl/α,β-unsaturated/α-hetero) is 1. The zero-order valence-electron chi connectivity index (χ0n) is 21.2. The van der Waals surface area contributed by atoms with Crippen molar-refractivity contribution in [2.24, 2.45) is 0 Å². The SMILES string of the molecule is CCOc1ccc(Cl)c(/C(O)=C2\C(=O)C(=O)N(c3ccc(CC(=O)OC(C)C)cc3)C2c2cccnc2)c1. The summed E-state index contributed by atoms with van der Waals surface area (Å²) in [4.78, 5) is 44.2. The fourth-order valence-electron chi connectivity index (χ4n) is 4.28. The van der Waals surface area contributed by atoms with Gasteiger partial charge in [0, 0.05) is 23.6 Å². The number of anilines is 1. The molecule has 2 aromatic carbocycles. The minimum atomic E-state index is -0.965. The van der Waals surface area contributed by atoms with Crippen molar-refractivity contribution in [3.63, 3.8) is 0 Å². The summed E-state index contributed by atoms with van der Waals surface area (Å²) in [5, 5.41) is 11.6. The van der Waals surface area contributed by atoms with Crippen molar-refractivity contribution < 1.29 is 29.0 Å². The van der Waals surface area contributed by atoms with E-state index in [0.29, 0.717) is 29.2 Å². The van der Waals surface area contributed by atoms with Crippen LogP contribution in [0.15, 0.2) is 72.6 Å². The Morgan fingerprint density at radius 2 is 1.87 bits per heavy atom. The van der Waals surface area contributed by atoms with Crippen LogP contribution >= 0.6 is 11.6 Å². The molecule has 1 amide bonds. The number of nitrogens with zero attached hydrogens (tertiary/aromatic N) is 2. The van der Waals surface area contributed by atoms with E-state index in [9.17, 15) is 19.5 Å². The standard InChI is InChI=1S/C29H27ClN2O6/c1-4-37-21-11-12-23(30)22(15-21)27(34)25-26(19-6-5-13-31-16-19)32(29(36)28(25)35)20-9-7-18(8-10-20)14-24(33)38-17(2)3/h5-13,15-17,26,34H,4,14H2,1-3H3/b27-25+. The number of carbonyl (C=O) groups is 3. The Morgan fingerprint density at radius 3 is 2.50 bits per heavy atom. The molecule has 1 aliphatic heterocycles. The highest BCUT2D eigenvalue weighted by molar-refractivity contribution is 6.52. The van der Waals surface area contributed by atoms with Crippen molar-refractivity contribution >= 4 is 40.7 Å². The third-order valence-electron chi connectivity index (χ3n) is 5.88. The van der Waals surface area contributed by atoms with Crippen LogP contribution in [0.5, 0.6) is 5.75 Å². The number of aliphatic hydroxyl groups is 1. The molecule has 38 heavy (non-hydrogen) atoms. The van der Waals surface area contributed by atoms with E-state index >= 15 is 0 Å². The monoisotopic (exact) mass is 534 g/mol. The molecule has 4 rings (SSSR count). The summed E-state index contributed by atoms with van der Waals surface area (Å²) < 4.78 is 10.7. The van der Waals surface area contributed by atoms with Gasteiger partial charge in [0.15, 0.2) is 0 Å². The number of pyridine rings is 1. The van der Waals surface area contributed by atoms with Crippen LogP contribution in [0.25, 0.3) is 5.76 Å². The molecule has 1 aliphatic rings. The van der Waals surface area contributed by atoms with Gasteiger partial charge in [-0.2, -0.15) is 0 Å². The lowest BCUT2D eigenvalue weighted by Gasteiger charge is -2.25. The quantitative estimate of drug-likeness (QED) is 0.182. The minimum Gasteiger partial charge on any atom is -0.507 e. The van der Waals surface area contributed by atoms with Crippen LogP contribution in [-0.2, 0) is 25.5 Å². The predicted octanol–water partition coefficient (Wildman–Crippen LogP) is 5.25. The van der Waals surface area contributed by atoms with Gasteiger partial charge in [-0.25, -0.2) is 0 Å². The van der Waals surface area contributed by atoms with E-state index in [0.717, 1.165) is 0 Å². The number of aliphatic hydroxyl groups excluding tert-OH is 1. The van der Waals surface area contributed by atoms with Crippen molar-refractivity contribution in [3.05, 3.63) is 94.3 Å². The first-order valence-corrected chi connectivity index (χ1v) is 12.5. The molecule has 196 valence electrons. The second-order valence-electron chi connectivity index (χ2n) is 8.91. The van der Waals surface area contributed by atoms with E-state index in [1.165, 1.54) is 17.2 Å². The summed E-state index contributed by atoms with van der Waals surface area (Å²) in [6.07, 6.45) is 2.95. The number of hydrogen-bond donors (Lipinski definition) is 1. The molecule has 1 fully saturated rings. The molecule has 3 aromatic rings. The second kappa shape index (κ2) is 11.5. The van der Waals surface area contributed by atoms with Gasteiger partial charge in [0.2, 0.25) is 0 Å². The smallest absolute Gasteiger partial charge is 0.310 e. The lowest BCUT2D eigenvalue weighted by molar-refractivity contribution is -0.146. The first-order chi connectivity index (χ1) is 18.2. The normalized spacial score (nSPS) is 16.7. The molecular weight excluding hydrogens is 508 g/mol. The van der Waals surface area contributed by atoms with Crippen molar-refractivity contribution in [3.8, 4) is 5.75 Å². The fourth-order valence-corrected chi connectivity index (χ4v) is 4.49. The number of ketones is 1. The molecule has 0 bridgehead atoms. The van der Waals surface area contributed by atoms with Crippen LogP contribution in [0.1, 0.15) is 43.5 Å². The summed E-state index contributed by atoms with van der Waals surface area (Å²) in [5.41, 5.74) is 1.67. The fraction of sp³-hybridized carbons (Fsp3) is 0.241. The van der Waals surface area contributed by atoms with Crippen LogP contribution in [0, 0.1) is 0 Å². The van der Waals surface area contributed by atoms with Crippen LogP contribution in [0.3, 0.4) is 0 Å².